The summed E-state index contributed by atoms with van der Waals surface area (Å²) < 4.78 is 25.5. The highest BCUT2D eigenvalue weighted by molar-refractivity contribution is 5.99. The lowest BCUT2D eigenvalue weighted by atomic mass is 10.1. The number of carbonyl (C=O) groups is 2. The number of ketones is 1. The first-order valence-electron chi connectivity index (χ1n) is 9.72. The maximum absolute atomic E-state index is 13.0. The van der Waals surface area contributed by atoms with E-state index in [2.05, 4.69) is 0 Å². The number of benzene rings is 2. The summed E-state index contributed by atoms with van der Waals surface area (Å²) in [7, 11) is 0. The van der Waals surface area contributed by atoms with Crippen molar-refractivity contribution in [1.29, 1.82) is 0 Å². The van der Waals surface area contributed by atoms with Crippen LogP contribution in [0.5, 0.6) is 5.75 Å². The van der Waals surface area contributed by atoms with Crippen LogP contribution in [0.2, 0.25) is 0 Å². The van der Waals surface area contributed by atoms with Crippen LogP contribution in [-0.2, 0) is 22.5 Å². The molecule has 0 radical (unpaired) electrons. The number of esters is 1. The molecule has 156 valence electrons. The van der Waals surface area contributed by atoms with Crippen LogP contribution in [0.4, 0.5) is 4.39 Å². The van der Waals surface area contributed by atoms with Crippen LogP contribution in [-0.4, -0.2) is 29.5 Å². The van der Waals surface area contributed by atoms with E-state index in [-0.39, 0.29) is 24.8 Å². The average molecular weight is 409 g/mol. The minimum atomic E-state index is -0.600. The molecular weight excluding hydrogens is 385 g/mol. The van der Waals surface area contributed by atoms with Crippen LogP contribution in [0.25, 0.3) is 0 Å². The molecular formula is C24H24FNO4. The molecule has 0 aliphatic carbocycles. The number of hydrogen-bond acceptors (Lipinski definition) is 4. The number of aromatic nitrogens is 1. The van der Waals surface area contributed by atoms with E-state index in [0.29, 0.717) is 17.9 Å². The van der Waals surface area contributed by atoms with Crippen LogP contribution in [0.15, 0.2) is 60.7 Å². The largest absolute Gasteiger partial charge is 0.482 e. The van der Waals surface area contributed by atoms with E-state index in [0.717, 1.165) is 23.4 Å². The highest BCUT2D eigenvalue weighted by Crippen LogP contribution is 2.17. The lowest BCUT2D eigenvalue weighted by Gasteiger charge is -2.10. The van der Waals surface area contributed by atoms with Crippen LogP contribution in [0.1, 0.15) is 27.3 Å². The number of hydrogen-bond donors (Lipinski definition) is 0. The van der Waals surface area contributed by atoms with Crippen LogP contribution in [0.3, 0.4) is 0 Å². The Hall–Kier alpha value is -3.41. The Morgan fingerprint density at radius 1 is 0.967 bits per heavy atom. The van der Waals surface area contributed by atoms with Gasteiger partial charge >= 0.3 is 5.97 Å². The molecule has 3 rings (SSSR count). The molecule has 0 N–H and O–H groups in total. The third-order valence-corrected chi connectivity index (χ3v) is 4.88. The molecule has 0 aliphatic rings. The highest BCUT2D eigenvalue weighted by Gasteiger charge is 2.17. The second kappa shape index (κ2) is 9.87. The molecule has 0 saturated heterocycles. The van der Waals surface area contributed by atoms with Gasteiger partial charge in [0, 0.05) is 23.5 Å². The lowest BCUT2D eigenvalue weighted by Crippen LogP contribution is -2.20. The smallest absolute Gasteiger partial charge is 0.344 e. The second-order valence-corrected chi connectivity index (χ2v) is 7.00. The Kier molecular flexibility index (Phi) is 7.01. The molecule has 0 amide bonds. The van der Waals surface area contributed by atoms with Gasteiger partial charge in [0.1, 0.15) is 11.6 Å². The summed E-state index contributed by atoms with van der Waals surface area (Å²) in [6, 6.07) is 17.1. The maximum Gasteiger partial charge on any atom is 0.344 e. The third kappa shape index (κ3) is 5.56. The van der Waals surface area contributed by atoms with E-state index < -0.39 is 5.97 Å². The number of ether oxygens (including phenoxy) is 2. The van der Waals surface area contributed by atoms with E-state index in [9.17, 15) is 14.0 Å². The quantitative estimate of drug-likeness (QED) is 0.391. The Balaban J connectivity index is 1.53. The first-order valence-corrected chi connectivity index (χ1v) is 9.72. The number of aryl methyl sites for hydroxylation is 2. The molecule has 5 nitrogen and oxygen atoms in total. The zero-order chi connectivity index (χ0) is 21.5. The van der Waals surface area contributed by atoms with Crippen LogP contribution in [0, 0.1) is 19.7 Å². The summed E-state index contributed by atoms with van der Waals surface area (Å²) >= 11 is 0. The van der Waals surface area contributed by atoms with Crippen molar-refractivity contribution in [2.24, 2.45) is 0 Å². The molecule has 0 saturated carbocycles. The molecule has 30 heavy (non-hydrogen) atoms. The number of nitrogens with zero attached hydrogens (tertiary/aromatic N) is 1. The van der Waals surface area contributed by atoms with Crippen molar-refractivity contribution in [1.82, 2.24) is 4.57 Å². The fraction of sp³-hybridized carbons (Fsp3) is 0.250. The Morgan fingerprint density at radius 2 is 1.67 bits per heavy atom. The van der Waals surface area contributed by atoms with Crippen molar-refractivity contribution in [3.05, 3.63) is 89.0 Å². The molecule has 0 unspecified atom stereocenters. The average Bonchev–Trinajstić information content (AvgIpc) is 3.04. The van der Waals surface area contributed by atoms with Crippen molar-refractivity contribution in [3.63, 3.8) is 0 Å². The number of rotatable bonds is 9. The molecule has 0 spiro atoms. The van der Waals surface area contributed by atoms with Gasteiger partial charge in [0.15, 0.2) is 13.2 Å². The predicted octanol–water partition coefficient (Wildman–Crippen LogP) is 4.29. The zero-order valence-electron chi connectivity index (χ0n) is 17.1. The molecule has 3 aromatic rings. The van der Waals surface area contributed by atoms with Crippen molar-refractivity contribution < 1.29 is 23.5 Å². The van der Waals surface area contributed by atoms with Crippen molar-refractivity contribution in [2.75, 3.05) is 13.2 Å². The number of halogens is 1. The van der Waals surface area contributed by atoms with Crippen LogP contribution >= 0.6 is 0 Å². The van der Waals surface area contributed by atoms with Crippen molar-refractivity contribution in [2.45, 2.75) is 26.8 Å². The van der Waals surface area contributed by atoms with Gasteiger partial charge in [0.05, 0.1) is 0 Å². The minimum absolute atomic E-state index is 0.256. The van der Waals surface area contributed by atoms with E-state index in [1.54, 1.807) is 42.5 Å². The summed E-state index contributed by atoms with van der Waals surface area (Å²) in [5.74, 6) is -0.560. The molecule has 6 heteroatoms. The topological polar surface area (TPSA) is 57.5 Å². The van der Waals surface area contributed by atoms with Gasteiger partial charge in [-0.2, -0.15) is 0 Å². The minimum Gasteiger partial charge on any atom is -0.482 e. The molecule has 2 aromatic carbocycles. The van der Waals surface area contributed by atoms with Gasteiger partial charge in [-0.1, -0.05) is 30.3 Å². The summed E-state index contributed by atoms with van der Waals surface area (Å²) in [5.41, 5.74) is 3.31. The Bertz CT molecular complexity index is 1010. The molecule has 0 atom stereocenters. The number of carbonyl (C=O) groups excluding carboxylic acids is 2. The van der Waals surface area contributed by atoms with E-state index in [4.69, 9.17) is 9.47 Å². The summed E-state index contributed by atoms with van der Waals surface area (Å²) in [6.07, 6.45) is 0.718. The normalized spacial score (nSPS) is 10.6. The zero-order valence-corrected chi connectivity index (χ0v) is 17.1. The predicted molar refractivity (Wildman–Crippen MR) is 111 cm³/mol. The lowest BCUT2D eigenvalue weighted by molar-refractivity contribution is -0.144. The van der Waals surface area contributed by atoms with Gasteiger partial charge in [0.25, 0.3) is 0 Å². The molecule has 1 heterocycles. The van der Waals surface area contributed by atoms with Crippen LogP contribution < -0.4 is 4.74 Å². The first kappa shape index (κ1) is 21.3. The molecule has 1 aromatic heterocycles. The fourth-order valence-electron chi connectivity index (χ4n) is 3.24. The van der Waals surface area contributed by atoms with E-state index in [1.807, 2.05) is 24.5 Å². The highest BCUT2D eigenvalue weighted by atomic mass is 19.1. The van der Waals surface area contributed by atoms with Gasteiger partial charge < -0.3 is 14.0 Å². The molecule has 0 aliphatic heterocycles. The van der Waals surface area contributed by atoms with Crippen molar-refractivity contribution >= 4 is 11.8 Å². The van der Waals surface area contributed by atoms with Gasteiger partial charge in [-0.15, -0.1) is 0 Å². The summed E-state index contributed by atoms with van der Waals surface area (Å²) in [6.45, 7) is 3.87. The summed E-state index contributed by atoms with van der Waals surface area (Å²) in [4.78, 5) is 24.4. The first-order chi connectivity index (χ1) is 14.4. The second-order valence-electron chi connectivity index (χ2n) is 7.00. The van der Waals surface area contributed by atoms with E-state index in [1.165, 1.54) is 12.1 Å². The number of Topliss-reactive ketones (excluding diaryl/α,β-unsaturated/α-hetero) is 1. The Labute approximate surface area is 175 Å². The standard InChI is InChI=1S/C24H24FNO4/c1-17-14-22(18(2)26(17)13-12-19-8-10-20(25)11-9-19)23(27)15-30-24(28)16-29-21-6-4-3-5-7-21/h3-11,14H,12-13,15-16H2,1-2H3. The SMILES string of the molecule is Cc1cc(C(=O)COC(=O)COc2ccccc2)c(C)n1CCc1ccc(F)cc1. The van der Waals surface area contributed by atoms with Gasteiger partial charge in [-0.05, 0) is 56.2 Å². The fourth-order valence-corrected chi connectivity index (χ4v) is 3.24. The van der Waals surface area contributed by atoms with Gasteiger partial charge in [0.2, 0.25) is 5.78 Å². The Morgan fingerprint density at radius 3 is 2.37 bits per heavy atom. The van der Waals surface area contributed by atoms with Gasteiger partial charge in [-0.25, -0.2) is 9.18 Å². The maximum atomic E-state index is 13.0. The van der Waals surface area contributed by atoms with Crippen molar-refractivity contribution in [3.8, 4) is 5.75 Å². The monoisotopic (exact) mass is 409 g/mol. The third-order valence-electron chi connectivity index (χ3n) is 4.88. The molecule has 0 bridgehead atoms. The molecule has 0 fully saturated rings. The number of para-hydroxylation sites is 1. The summed E-state index contributed by atoms with van der Waals surface area (Å²) in [5, 5.41) is 0. The van der Waals surface area contributed by atoms with E-state index >= 15 is 0 Å². The van der Waals surface area contributed by atoms with Gasteiger partial charge in [-0.3, -0.25) is 4.79 Å².